The molecule has 0 saturated carbocycles. The van der Waals surface area contributed by atoms with E-state index >= 15 is 0 Å². The van der Waals surface area contributed by atoms with Crippen molar-refractivity contribution >= 4 is 6.08 Å². The third-order valence-corrected chi connectivity index (χ3v) is 4.95. The average Bonchev–Trinajstić information content (AvgIpc) is 3.22. The molecular formula is C21H16. The van der Waals surface area contributed by atoms with Gasteiger partial charge in [-0.2, -0.15) is 0 Å². The van der Waals surface area contributed by atoms with E-state index in [9.17, 15) is 0 Å². The summed E-state index contributed by atoms with van der Waals surface area (Å²) in [5.74, 6) is 0. The molecule has 0 heteroatoms. The van der Waals surface area contributed by atoms with Crippen molar-refractivity contribution in [3.8, 4) is 11.1 Å². The fourth-order valence-corrected chi connectivity index (χ4v) is 3.87. The first-order valence-corrected chi connectivity index (χ1v) is 7.69. The van der Waals surface area contributed by atoms with Gasteiger partial charge in [-0.1, -0.05) is 54.6 Å². The van der Waals surface area contributed by atoms with E-state index in [1.807, 2.05) is 0 Å². The fourth-order valence-electron chi connectivity index (χ4n) is 3.87. The third-order valence-electron chi connectivity index (χ3n) is 4.95. The average molecular weight is 268 g/mol. The SMILES string of the molecule is C1=CCC(C2=Cc3cc4c(cc3C2)-c2ccccc2C4)=C1. The van der Waals surface area contributed by atoms with Gasteiger partial charge in [0.1, 0.15) is 0 Å². The highest BCUT2D eigenvalue weighted by Crippen LogP contribution is 2.41. The molecule has 0 radical (unpaired) electrons. The van der Waals surface area contributed by atoms with Crippen LogP contribution in [0, 0.1) is 0 Å². The van der Waals surface area contributed by atoms with Gasteiger partial charge in [-0.15, -0.1) is 0 Å². The molecule has 3 aliphatic rings. The minimum atomic E-state index is 1.09. The number of rotatable bonds is 1. The van der Waals surface area contributed by atoms with Crippen LogP contribution in [0.1, 0.15) is 28.7 Å². The molecule has 5 rings (SSSR count). The van der Waals surface area contributed by atoms with Crippen LogP contribution >= 0.6 is 0 Å². The second-order valence-corrected chi connectivity index (χ2v) is 6.21. The summed E-state index contributed by atoms with van der Waals surface area (Å²) in [5.41, 5.74) is 11.8. The van der Waals surface area contributed by atoms with Crippen molar-refractivity contribution in [2.45, 2.75) is 19.3 Å². The predicted molar refractivity (Wildman–Crippen MR) is 88.2 cm³/mol. The summed E-state index contributed by atoms with van der Waals surface area (Å²) in [4.78, 5) is 0. The van der Waals surface area contributed by atoms with E-state index in [0.29, 0.717) is 0 Å². The summed E-state index contributed by atoms with van der Waals surface area (Å²) in [6.45, 7) is 0. The van der Waals surface area contributed by atoms with Crippen molar-refractivity contribution in [2.24, 2.45) is 0 Å². The molecule has 3 aliphatic carbocycles. The van der Waals surface area contributed by atoms with Gasteiger partial charge >= 0.3 is 0 Å². The molecule has 0 aliphatic heterocycles. The Kier molecular flexibility index (Phi) is 2.20. The van der Waals surface area contributed by atoms with Crippen LogP contribution in [-0.4, -0.2) is 0 Å². The van der Waals surface area contributed by atoms with E-state index in [0.717, 1.165) is 19.3 Å². The minimum Gasteiger partial charge on any atom is -0.0801 e. The maximum Gasteiger partial charge on any atom is -0.00132 e. The molecule has 0 aromatic heterocycles. The van der Waals surface area contributed by atoms with E-state index < -0.39 is 0 Å². The first kappa shape index (κ1) is 11.3. The van der Waals surface area contributed by atoms with E-state index in [4.69, 9.17) is 0 Å². The molecule has 2 aromatic carbocycles. The zero-order chi connectivity index (χ0) is 13.8. The Morgan fingerprint density at radius 3 is 2.62 bits per heavy atom. The van der Waals surface area contributed by atoms with E-state index in [1.54, 1.807) is 0 Å². The second kappa shape index (κ2) is 4.08. The van der Waals surface area contributed by atoms with Crippen LogP contribution < -0.4 is 0 Å². The lowest BCUT2D eigenvalue weighted by molar-refractivity contribution is 1.15. The van der Waals surface area contributed by atoms with E-state index in [-0.39, 0.29) is 0 Å². The van der Waals surface area contributed by atoms with Gasteiger partial charge in [-0.25, -0.2) is 0 Å². The lowest BCUT2D eigenvalue weighted by atomic mass is 9.98. The van der Waals surface area contributed by atoms with Gasteiger partial charge in [0.05, 0.1) is 0 Å². The molecule has 0 nitrogen and oxygen atoms in total. The Morgan fingerprint density at radius 1 is 0.762 bits per heavy atom. The molecule has 0 unspecified atom stereocenters. The zero-order valence-corrected chi connectivity index (χ0v) is 11.9. The van der Waals surface area contributed by atoms with Crippen molar-refractivity contribution < 1.29 is 0 Å². The number of benzene rings is 2. The van der Waals surface area contributed by atoms with Gasteiger partial charge in [-0.05, 0) is 69.9 Å². The molecule has 0 fully saturated rings. The summed E-state index contributed by atoms with van der Waals surface area (Å²) in [5, 5.41) is 0. The topological polar surface area (TPSA) is 0 Å². The monoisotopic (exact) mass is 268 g/mol. The van der Waals surface area contributed by atoms with Gasteiger partial charge in [0.25, 0.3) is 0 Å². The second-order valence-electron chi connectivity index (χ2n) is 6.21. The Hall–Kier alpha value is -2.34. The van der Waals surface area contributed by atoms with Gasteiger partial charge in [0, 0.05) is 0 Å². The maximum absolute atomic E-state index is 2.43. The predicted octanol–water partition coefficient (Wildman–Crippen LogP) is 5.08. The Morgan fingerprint density at radius 2 is 1.71 bits per heavy atom. The zero-order valence-electron chi connectivity index (χ0n) is 11.9. The van der Waals surface area contributed by atoms with Crippen LogP contribution in [0.4, 0.5) is 0 Å². The normalized spacial score (nSPS) is 17.3. The Bertz CT molecular complexity index is 860. The van der Waals surface area contributed by atoms with Crippen LogP contribution in [0.2, 0.25) is 0 Å². The largest absolute Gasteiger partial charge is 0.0801 e. The molecule has 0 atom stereocenters. The van der Waals surface area contributed by atoms with Gasteiger partial charge < -0.3 is 0 Å². The smallest absolute Gasteiger partial charge is 0.00132 e. The van der Waals surface area contributed by atoms with Crippen molar-refractivity contribution in [3.63, 3.8) is 0 Å². The van der Waals surface area contributed by atoms with Crippen molar-refractivity contribution in [1.82, 2.24) is 0 Å². The summed E-state index contributed by atoms with van der Waals surface area (Å²) in [6, 6.07) is 13.7. The molecule has 0 bridgehead atoms. The standard InChI is InChI=1S/C21H16/c1-2-6-14(5-1)16-10-17-12-19-9-15-7-3-4-8-20(15)21(19)13-18(17)11-16/h1-5,7-8,10,12-13H,6,9,11H2. The van der Waals surface area contributed by atoms with Crippen molar-refractivity contribution in [3.05, 3.63) is 88.0 Å². The molecule has 0 amide bonds. The molecule has 0 N–H and O–H groups in total. The quantitative estimate of drug-likeness (QED) is 0.577. The molecule has 0 saturated heterocycles. The van der Waals surface area contributed by atoms with Gasteiger partial charge in [0.2, 0.25) is 0 Å². The summed E-state index contributed by atoms with van der Waals surface area (Å²) in [6.07, 6.45) is 12.4. The summed E-state index contributed by atoms with van der Waals surface area (Å²) in [7, 11) is 0. The maximum atomic E-state index is 2.43. The summed E-state index contributed by atoms with van der Waals surface area (Å²) < 4.78 is 0. The van der Waals surface area contributed by atoms with Crippen LogP contribution in [0.5, 0.6) is 0 Å². The molecule has 0 spiro atoms. The molecule has 100 valence electrons. The number of fused-ring (bicyclic) bond motifs is 4. The van der Waals surface area contributed by atoms with Gasteiger partial charge in [-0.3, -0.25) is 0 Å². The van der Waals surface area contributed by atoms with Crippen LogP contribution in [0.15, 0.2) is 65.8 Å². The number of hydrogen-bond donors (Lipinski definition) is 0. The number of hydrogen-bond acceptors (Lipinski definition) is 0. The lowest BCUT2D eigenvalue weighted by Gasteiger charge is -2.06. The number of allylic oxidation sites excluding steroid dienone is 5. The van der Waals surface area contributed by atoms with Crippen LogP contribution in [-0.2, 0) is 12.8 Å². The van der Waals surface area contributed by atoms with Crippen LogP contribution in [0.3, 0.4) is 0 Å². The van der Waals surface area contributed by atoms with E-state index in [1.165, 1.54) is 44.5 Å². The van der Waals surface area contributed by atoms with Crippen molar-refractivity contribution in [2.75, 3.05) is 0 Å². The molecule has 2 aromatic rings. The Balaban J connectivity index is 1.59. The lowest BCUT2D eigenvalue weighted by Crippen LogP contribution is -1.89. The molecular weight excluding hydrogens is 252 g/mol. The fraction of sp³-hybridized carbons (Fsp3) is 0.143. The first-order valence-electron chi connectivity index (χ1n) is 7.69. The van der Waals surface area contributed by atoms with E-state index in [2.05, 4.69) is 60.7 Å². The third kappa shape index (κ3) is 1.62. The summed E-state index contributed by atoms with van der Waals surface area (Å²) >= 11 is 0. The van der Waals surface area contributed by atoms with Gasteiger partial charge in [0.15, 0.2) is 0 Å². The highest BCUT2D eigenvalue weighted by atomic mass is 14.3. The highest BCUT2D eigenvalue weighted by molar-refractivity contribution is 5.81. The molecule has 21 heavy (non-hydrogen) atoms. The van der Waals surface area contributed by atoms with Crippen molar-refractivity contribution in [1.29, 1.82) is 0 Å². The van der Waals surface area contributed by atoms with Crippen LogP contribution in [0.25, 0.3) is 17.2 Å². The minimum absolute atomic E-state index is 1.09. The first-order chi connectivity index (χ1) is 10.4. The highest BCUT2D eigenvalue weighted by Gasteiger charge is 2.23. The molecule has 0 heterocycles. The Labute approximate surface area is 125 Å².